The molecule has 0 fully saturated rings. The first-order valence-electron chi connectivity index (χ1n) is 12.5. The van der Waals surface area contributed by atoms with E-state index in [1.54, 1.807) is 24.4 Å². The predicted octanol–water partition coefficient (Wildman–Crippen LogP) is 6.08. The maximum atomic E-state index is 13.7. The van der Waals surface area contributed by atoms with Crippen LogP contribution in [0.15, 0.2) is 76.9 Å². The summed E-state index contributed by atoms with van der Waals surface area (Å²) >= 11 is 1.19. The second-order valence-electron chi connectivity index (χ2n) is 9.25. The van der Waals surface area contributed by atoms with E-state index in [2.05, 4.69) is 24.3 Å². The first-order chi connectivity index (χ1) is 18.4. The predicted molar refractivity (Wildman–Crippen MR) is 152 cm³/mol. The van der Waals surface area contributed by atoms with Crippen LogP contribution in [0.3, 0.4) is 0 Å². The zero-order valence-electron chi connectivity index (χ0n) is 21.4. The van der Waals surface area contributed by atoms with E-state index in [1.165, 1.54) is 16.0 Å². The number of benzene rings is 3. The highest BCUT2D eigenvalue weighted by Crippen LogP contribution is 2.31. The van der Waals surface area contributed by atoms with Gasteiger partial charge >= 0.3 is 5.97 Å². The molecule has 0 aliphatic rings. The fourth-order valence-electron chi connectivity index (χ4n) is 4.46. The van der Waals surface area contributed by atoms with Crippen molar-refractivity contribution >= 4 is 49.8 Å². The number of hydrogen-bond acceptors (Lipinski definition) is 6. The maximum Gasteiger partial charge on any atom is 0.359 e. The maximum absolute atomic E-state index is 13.7. The fourth-order valence-corrected chi connectivity index (χ4v) is 5.41. The van der Waals surface area contributed by atoms with Gasteiger partial charge in [0.2, 0.25) is 5.91 Å². The van der Waals surface area contributed by atoms with E-state index in [4.69, 9.17) is 4.74 Å². The quantitative estimate of drug-likeness (QED) is 0.260. The summed E-state index contributed by atoms with van der Waals surface area (Å²) in [6.45, 7) is 6.05. The molecule has 5 aromatic rings. The molecule has 0 aliphatic carbocycles. The van der Waals surface area contributed by atoms with Gasteiger partial charge in [-0.15, -0.1) is 11.3 Å². The third kappa shape index (κ3) is 4.82. The number of carbonyl (C=O) groups is 2. The van der Waals surface area contributed by atoms with Crippen LogP contribution in [0.2, 0.25) is 0 Å². The summed E-state index contributed by atoms with van der Waals surface area (Å²) in [5.74, 6) is -0.560. The Morgan fingerprint density at radius 2 is 1.74 bits per heavy atom. The zero-order valence-corrected chi connectivity index (χ0v) is 22.2. The molecule has 0 aliphatic heterocycles. The lowest BCUT2D eigenvalue weighted by molar-refractivity contribution is -0.115. The molecule has 1 N–H and O–H groups in total. The Kier molecular flexibility index (Phi) is 7.07. The van der Waals surface area contributed by atoms with Gasteiger partial charge in [-0.1, -0.05) is 68.4 Å². The lowest BCUT2D eigenvalue weighted by Crippen LogP contribution is -2.25. The molecule has 0 bridgehead atoms. The summed E-state index contributed by atoms with van der Waals surface area (Å²) in [4.78, 5) is 39.6. The van der Waals surface area contributed by atoms with Crippen LogP contribution in [0.25, 0.3) is 27.2 Å². The summed E-state index contributed by atoms with van der Waals surface area (Å²) in [6.07, 6.45) is 0.140. The van der Waals surface area contributed by atoms with Gasteiger partial charge in [0, 0.05) is 10.8 Å². The van der Waals surface area contributed by atoms with Crippen LogP contribution in [-0.4, -0.2) is 28.3 Å². The number of nitrogens with zero attached hydrogens (tertiary/aromatic N) is 2. The first kappa shape index (κ1) is 25.4. The Morgan fingerprint density at radius 3 is 2.47 bits per heavy atom. The lowest BCUT2D eigenvalue weighted by atomic mass is 10.0. The van der Waals surface area contributed by atoms with E-state index in [1.807, 2.05) is 54.6 Å². The van der Waals surface area contributed by atoms with Crippen LogP contribution < -0.4 is 10.9 Å². The molecular formula is C30H27N3O4S. The number of hydrogen-bond donors (Lipinski definition) is 1. The first-order valence-corrected chi connectivity index (χ1v) is 13.3. The Hall–Kier alpha value is -4.30. The molecule has 2 heterocycles. The summed E-state index contributed by atoms with van der Waals surface area (Å²) in [7, 11) is 0. The number of rotatable bonds is 7. The SMILES string of the molecule is CCOC(=O)c1nn(-c2ccc(C(C)C)cc2)c(=O)c2c(NC(=O)Cc3cccc4ccccc34)scc12. The highest BCUT2D eigenvalue weighted by atomic mass is 32.1. The van der Waals surface area contributed by atoms with Gasteiger partial charge in [0.25, 0.3) is 5.56 Å². The molecule has 192 valence electrons. The van der Waals surface area contributed by atoms with E-state index >= 15 is 0 Å². The molecule has 0 saturated carbocycles. The van der Waals surface area contributed by atoms with Gasteiger partial charge < -0.3 is 10.1 Å². The number of nitrogens with one attached hydrogen (secondary N) is 1. The molecule has 2 aromatic heterocycles. The molecule has 8 heteroatoms. The van der Waals surface area contributed by atoms with Crippen molar-refractivity contribution < 1.29 is 14.3 Å². The fraction of sp³-hybridized carbons (Fsp3) is 0.200. The van der Waals surface area contributed by atoms with Crippen LogP contribution in [-0.2, 0) is 16.0 Å². The minimum absolute atomic E-state index is 0.0280. The highest BCUT2D eigenvalue weighted by Gasteiger charge is 2.23. The monoisotopic (exact) mass is 525 g/mol. The molecule has 5 rings (SSSR count). The number of amides is 1. The minimum atomic E-state index is -0.628. The summed E-state index contributed by atoms with van der Waals surface area (Å²) < 4.78 is 6.43. The molecule has 0 spiro atoms. The van der Waals surface area contributed by atoms with Gasteiger partial charge in [-0.25, -0.2) is 4.79 Å². The second-order valence-corrected chi connectivity index (χ2v) is 10.1. The number of ether oxygens (including phenoxy) is 1. The van der Waals surface area contributed by atoms with Gasteiger partial charge in [0.15, 0.2) is 5.69 Å². The highest BCUT2D eigenvalue weighted by molar-refractivity contribution is 7.16. The molecule has 7 nitrogen and oxygen atoms in total. The molecule has 1 amide bonds. The lowest BCUT2D eigenvalue weighted by Gasteiger charge is -2.11. The van der Waals surface area contributed by atoms with Crippen molar-refractivity contribution in [2.75, 3.05) is 11.9 Å². The van der Waals surface area contributed by atoms with Crippen LogP contribution >= 0.6 is 11.3 Å². The number of anilines is 1. The Labute approximate surface area is 223 Å². The minimum Gasteiger partial charge on any atom is -0.461 e. The third-order valence-electron chi connectivity index (χ3n) is 6.41. The van der Waals surface area contributed by atoms with Gasteiger partial charge in [0.05, 0.1) is 24.1 Å². The van der Waals surface area contributed by atoms with Crippen LogP contribution in [0.4, 0.5) is 5.00 Å². The zero-order chi connectivity index (χ0) is 26.8. The van der Waals surface area contributed by atoms with Crippen LogP contribution in [0.1, 0.15) is 48.3 Å². The van der Waals surface area contributed by atoms with Gasteiger partial charge in [-0.05, 0) is 46.9 Å². The van der Waals surface area contributed by atoms with Gasteiger partial charge in [-0.3, -0.25) is 9.59 Å². The molecule has 0 atom stereocenters. The largest absolute Gasteiger partial charge is 0.461 e. The van der Waals surface area contributed by atoms with Crippen molar-refractivity contribution in [1.29, 1.82) is 0 Å². The average Bonchev–Trinajstić information content (AvgIpc) is 3.33. The topological polar surface area (TPSA) is 90.3 Å². The third-order valence-corrected chi connectivity index (χ3v) is 7.30. The number of fused-ring (bicyclic) bond motifs is 2. The molecule has 0 unspecified atom stereocenters. The van der Waals surface area contributed by atoms with Crippen molar-refractivity contribution in [3.8, 4) is 5.69 Å². The molecule has 0 radical (unpaired) electrons. The molecule has 3 aromatic carbocycles. The van der Waals surface area contributed by atoms with Crippen molar-refractivity contribution in [2.24, 2.45) is 0 Å². The number of aromatic nitrogens is 2. The Bertz CT molecular complexity index is 1710. The number of esters is 1. The van der Waals surface area contributed by atoms with Crippen LogP contribution in [0, 0.1) is 0 Å². The molecule has 0 saturated heterocycles. The van der Waals surface area contributed by atoms with E-state index in [0.717, 1.165) is 21.9 Å². The van der Waals surface area contributed by atoms with Crippen molar-refractivity contribution in [3.63, 3.8) is 0 Å². The van der Waals surface area contributed by atoms with Gasteiger partial charge in [-0.2, -0.15) is 9.78 Å². The average molecular weight is 526 g/mol. The Morgan fingerprint density at radius 1 is 1.00 bits per heavy atom. The van der Waals surface area contributed by atoms with Crippen LogP contribution in [0.5, 0.6) is 0 Å². The smallest absolute Gasteiger partial charge is 0.359 e. The standard InChI is InChI=1S/C30H27N3O4S/c1-4-37-30(36)27-24-17-38-28(31-25(34)16-21-10-7-9-20-8-5-6-11-23(20)21)26(24)29(35)33(32-27)22-14-12-19(13-15-22)18(2)3/h5-15,17-18H,4,16H2,1-3H3,(H,31,34). The number of carbonyl (C=O) groups excluding carboxylic acids is 2. The van der Waals surface area contributed by atoms with E-state index in [9.17, 15) is 14.4 Å². The molecule has 38 heavy (non-hydrogen) atoms. The molecular weight excluding hydrogens is 498 g/mol. The van der Waals surface area contributed by atoms with Crippen molar-refractivity contribution in [3.05, 3.63) is 99.3 Å². The van der Waals surface area contributed by atoms with Gasteiger partial charge in [0.1, 0.15) is 5.00 Å². The van der Waals surface area contributed by atoms with Crippen molar-refractivity contribution in [1.82, 2.24) is 9.78 Å². The summed E-state index contributed by atoms with van der Waals surface area (Å²) in [6, 6.07) is 21.2. The summed E-state index contributed by atoms with van der Waals surface area (Å²) in [5, 5.41) is 12.0. The van der Waals surface area contributed by atoms with E-state index in [0.29, 0.717) is 22.0 Å². The number of thiophene rings is 1. The summed E-state index contributed by atoms with van der Waals surface area (Å²) in [5.41, 5.74) is 2.13. The van der Waals surface area contributed by atoms with Crippen molar-refractivity contribution in [2.45, 2.75) is 33.1 Å². The van der Waals surface area contributed by atoms with E-state index < -0.39 is 11.5 Å². The second kappa shape index (κ2) is 10.6. The normalized spacial score (nSPS) is 11.3. The Balaban J connectivity index is 1.56. The van der Waals surface area contributed by atoms with E-state index in [-0.39, 0.29) is 30.0 Å².